The zero-order valence-electron chi connectivity index (χ0n) is 9.06. The average molecular weight is 238 g/mol. The highest BCUT2D eigenvalue weighted by atomic mass is 32.1. The van der Waals surface area contributed by atoms with E-state index in [0.29, 0.717) is 11.3 Å². The summed E-state index contributed by atoms with van der Waals surface area (Å²) in [7, 11) is 0. The highest BCUT2D eigenvalue weighted by Crippen LogP contribution is 2.03. The maximum Gasteiger partial charge on any atom is 0.214 e. The van der Waals surface area contributed by atoms with Crippen LogP contribution in [0.25, 0.3) is 0 Å². The number of nitrogens with one attached hydrogen (secondary N) is 2. The molecule has 0 atom stereocenters. The zero-order chi connectivity index (χ0) is 11.4. The lowest BCUT2D eigenvalue weighted by Crippen LogP contribution is -2.17. The lowest BCUT2D eigenvalue weighted by atomic mass is 10.3. The second-order valence-corrected chi connectivity index (χ2v) is 3.83. The van der Waals surface area contributed by atoms with Gasteiger partial charge in [-0.2, -0.15) is 5.10 Å². The molecule has 86 valence electrons. The molecule has 0 amide bonds. The molecule has 0 aliphatic carbocycles. The minimum Gasteiger partial charge on any atom is -0.467 e. The van der Waals surface area contributed by atoms with Crippen molar-refractivity contribution in [2.45, 2.75) is 26.3 Å². The Kier molecular flexibility index (Phi) is 3.40. The molecule has 0 spiro atoms. The predicted octanol–water partition coefficient (Wildman–Crippen LogP) is 2.23. The van der Waals surface area contributed by atoms with Crippen LogP contribution in [0.2, 0.25) is 0 Å². The van der Waals surface area contributed by atoms with Crippen molar-refractivity contribution in [1.82, 2.24) is 14.9 Å². The molecule has 2 aromatic heterocycles. The van der Waals surface area contributed by atoms with Crippen LogP contribution in [-0.2, 0) is 13.0 Å². The Morgan fingerprint density at radius 2 is 2.50 bits per heavy atom. The van der Waals surface area contributed by atoms with Gasteiger partial charge in [-0.1, -0.05) is 6.92 Å². The monoisotopic (exact) mass is 238 g/mol. The molecule has 0 bridgehead atoms. The van der Waals surface area contributed by atoms with E-state index >= 15 is 0 Å². The molecule has 2 rings (SSSR count). The third kappa shape index (κ3) is 2.33. The minimum atomic E-state index is 0.579. The predicted molar refractivity (Wildman–Crippen MR) is 63.2 cm³/mol. The van der Waals surface area contributed by atoms with Crippen LogP contribution in [0.5, 0.6) is 0 Å². The second kappa shape index (κ2) is 4.98. The van der Waals surface area contributed by atoms with Crippen LogP contribution in [0.3, 0.4) is 0 Å². The number of aromatic amines is 1. The number of aromatic nitrogens is 3. The standard InChI is InChI=1S/C10H14N4OS/c1-2-4-9-12-13-10(16)14(9)11-7-8-5-3-6-15-8/h3,5-6,11H,2,4,7H2,1H3,(H,13,16). The molecule has 2 aromatic rings. The van der Waals surface area contributed by atoms with Gasteiger partial charge in [0, 0.05) is 6.42 Å². The van der Waals surface area contributed by atoms with Crippen molar-refractivity contribution in [3.05, 3.63) is 34.8 Å². The summed E-state index contributed by atoms with van der Waals surface area (Å²) in [6.07, 6.45) is 3.57. The van der Waals surface area contributed by atoms with E-state index in [9.17, 15) is 0 Å². The zero-order valence-corrected chi connectivity index (χ0v) is 9.88. The highest BCUT2D eigenvalue weighted by Gasteiger charge is 2.04. The molecule has 2 N–H and O–H groups in total. The molecule has 0 fully saturated rings. The lowest BCUT2D eigenvalue weighted by Gasteiger charge is -2.07. The summed E-state index contributed by atoms with van der Waals surface area (Å²) in [5.74, 6) is 1.78. The smallest absolute Gasteiger partial charge is 0.214 e. The maximum absolute atomic E-state index is 5.23. The summed E-state index contributed by atoms with van der Waals surface area (Å²) < 4.78 is 7.60. The average Bonchev–Trinajstić information content (AvgIpc) is 2.88. The van der Waals surface area contributed by atoms with Crippen LogP contribution in [-0.4, -0.2) is 14.9 Å². The van der Waals surface area contributed by atoms with Gasteiger partial charge >= 0.3 is 0 Å². The van der Waals surface area contributed by atoms with Gasteiger partial charge in [0.05, 0.1) is 12.8 Å². The van der Waals surface area contributed by atoms with Crippen LogP contribution in [0.15, 0.2) is 22.8 Å². The summed E-state index contributed by atoms with van der Waals surface area (Å²) in [6.45, 7) is 2.70. The SMILES string of the molecule is CCCc1n[nH]c(=S)n1NCc1ccco1. The number of aryl methyl sites for hydroxylation is 1. The quantitative estimate of drug-likeness (QED) is 0.784. The molecule has 0 aromatic carbocycles. The van der Waals surface area contributed by atoms with Crippen LogP contribution < -0.4 is 5.43 Å². The van der Waals surface area contributed by atoms with E-state index in [1.807, 2.05) is 12.1 Å². The molecule has 0 saturated carbocycles. The maximum atomic E-state index is 5.23. The Morgan fingerprint density at radius 3 is 3.19 bits per heavy atom. The third-order valence-corrected chi connectivity index (χ3v) is 2.48. The normalized spacial score (nSPS) is 10.6. The van der Waals surface area contributed by atoms with Crippen molar-refractivity contribution in [1.29, 1.82) is 0 Å². The van der Waals surface area contributed by atoms with Gasteiger partial charge in [-0.3, -0.25) is 5.10 Å². The van der Waals surface area contributed by atoms with Gasteiger partial charge in [-0.25, -0.2) is 4.68 Å². The molecule has 0 saturated heterocycles. The van der Waals surface area contributed by atoms with E-state index in [2.05, 4.69) is 22.5 Å². The molecule has 5 nitrogen and oxygen atoms in total. The Bertz CT molecular complexity index is 485. The van der Waals surface area contributed by atoms with Gasteiger partial charge in [-0.15, -0.1) is 0 Å². The van der Waals surface area contributed by atoms with Gasteiger partial charge < -0.3 is 9.84 Å². The Hall–Kier alpha value is -1.56. The molecule has 0 aliphatic heterocycles. The number of hydrogen-bond acceptors (Lipinski definition) is 4. The fourth-order valence-electron chi connectivity index (χ4n) is 1.45. The van der Waals surface area contributed by atoms with E-state index in [4.69, 9.17) is 16.6 Å². The fraction of sp³-hybridized carbons (Fsp3) is 0.400. The number of furan rings is 1. The number of nitrogens with zero attached hydrogens (tertiary/aromatic N) is 2. The lowest BCUT2D eigenvalue weighted by molar-refractivity contribution is 0.508. The van der Waals surface area contributed by atoms with Crippen molar-refractivity contribution in [2.24, 2.45) is 0 Å². The van der Waals surface area contributed by atoms with Crippen molar-refractivity contribution >= 4 is 12.2 Å². The van der Waals surface area contributed by atoms with Crippen LogP contribution in [0.4, 0.5) is 0 Å². The fourth-order valence-corrected chi connectivity index (χ4v) is 1.67. The molecule has 0 aliphatic rings. The minimum absolute atomic E-state index is 0.579. The first-order valence-electron chi connectivity index (χ1n) is 5.24. The summed E-state index contributed by atoms with van der Waals surface area (Å²) in [6, 6.07) is 3.77. The Morgan fingerprint density at radius 1 is 1.62 bits per heavy atom. The van der Waals surface area contributed by atoms with E-state index in [1.165, 1.54) is 0 Å². The number of rotatable bonds is 5. The first kappa shape index (κ1) is 10.9. The first-order chi connectivity index (χ1) is 7.81. The summed E-state index contributed by atoms with van der Waals surface area (Å²) >= 11 is 5.13. The molecule has 6 heteroatoms. The largest absolute Gasteiger partial charge is 0.467 e. The molecule has 16 heavy (non-hydrogen) atoms. The van der Waals surface area contributed by atoms with Crippen molar-refractivity contribution in [3.63, 3.8) is 0 Å². The van der Waals surface area contributed by atoms with Gasteiger partial charge in [0.15, 0.2) is 5.82 Å². The van der Waals surface area contributed by atoms with E-state index in [0.717, 1.165) is 24.4 Å². The topological polar surface area (TPSA) is 58.8 Å². The first-order valence-corrected chi connectivity index (χ1v) is 5.64. The Labute approximate surface area is 98.4 Å². The number of hydrogen-bond donors (Lipinski definition) is 2. The summed E-state index contributed by atoms with van der Waals surface area (Å²) in [5.41, 5.74) is 3.17. The molecule has 0 radical (unpaired) electrons. The molecular formula is C10H14N4OS. The van der Waals surface area contributed by atoms with E-state index in [1.54, 1.807) is 10.9 Å². The molecule has 0 unspecified atom stereocenters. The van der Waals surface area contributed by atoms with Gasteiger partial charge in [0.2, 0.25) is 4.77 Å². The van der Waals surface area contributed by atoms with Crippen LogP contribution in [0.1, 0.15) is 24.9 Å². The highest BCUT2D eigenvalue weighted by molar-refractivity contribution is 7.71. The summed E-state index contributed by atoms with van der Waals surface area (Å²) in [5, 5.41) is 6.93. The van der Waals surface area contributed by atoms with E-state index in [-0.39, 0.29) is 0 Å². The van der Waals surface area contributed by atoms with Crippen LogP contribution >= 0.6 is 12.2 Å². The van der Waals surface area contributed by atoms with Gasteiger partial charge in [0.1, 0.15) is 5.76 Å². The second-order valence-electron chi connectivity index (χ2n) is 3.44. The molecule has 2 heterocycles. The van der Waals surface area contributed by atoms with Crippen molar-refractivity contribution in [3.8, 4) is 0 Å². The van der Waals surface area contributed by atoms with Gasteiger partial charge in [-0.05, 0) is 30.8 Å². The van der Waals surface area contributed by atoms with E-state index < -0.39 is 0 Å². The summed E-state index contributed by atoms with van der Waals surface area (Å²) in [4.78, 5) is 0. The van der Waals surface area contributed by atoms with Crippen molar-refractivity contribution in [2.75, 3.05) is 5.43 Å². The van der Waals surface area contributed by atoms with Crippen molar-refractivity contribution < 1.29 is 4.42 Å². The molecular weight excluding hydrogens is 224 g/mol. The third-order valence-electron chi connectivity index (χ3n) is 2.21. The Balaban J connectivity index is 2.08. The van der Waals surface area contributed by atoms with Gasteiger partial charge in [0.25, 0.3) is 0 Å². The number of H-pyrrole nitrogens is 1. The van der Waals surface area contributed by atoms with Crippen LogP contribution in [0, 0.1) is 4.77 Å².